The van der Waals surface area contributed by atoms with Gasteiger partial charge in [0.2, 0.25) is 0 Å². The maximum absolute atomic E-state index is 15.4. The molecule has 0 amide bonds. The van der Waals surface area contributed by atoms with E-state index in [1.807, 2.05) is 6.07 Å². The van der Waals surface area contributed by atoms with E-state index in [0.29, 0.717) is 17.8 Å². The Morgan fingerprint density at radius 2 is 1.16 bits per heavy atom. The van der Waals surface area contributed by atoms with Gasteiger partial charge >= 0.3 is 0 Å². The van der Waals surface area contributed by atoms with Gasteiger partial charge in [-0.3, -0.25) is 0 Å². The van der Waals surface area contributed by atoms with Crippen molar-refractivity contribution in [3.8, 4) is 0 Å². The van der Waals surface area contributed by atoms with Crippen LogP contribution in [0.5, 0.6) is 0 Å². The molecule has 0 nitrogen and oxygen atoms in total. The summed E-state index contributed by atoms with van der Waals surface area (Å²) < 4.78 is 15.4. The molecule has 0 heterocycles. The van der Waals surface area contributed by atoms with Gasteiger partial charge in [0.25, 0.3) is 0 Å². The largest absolute Gasteiger partial charge is 0.207 e. The Labute approximate surface area is 233 Å². The SMILES string of the molecule is CCCCCC1CCC(C2CCC(c3ccc([C@H]4CC[C@H](c5ccc(CC)cc5)CC4)c(F)c3)CC2)CC1. The first-order valence-electron chi connectivity index (χ1n) is 16.5. The summed E-state index contributed by atoms with van der Waals surface area (Å²) in [6.45, 7) is 4.53. The monoisotopic (exact) mass is 516 g/mol. The average Bonchev–Trinajstić information content (AvgIpc) is 2.98. The van der Waals surface area contributed by atoms with E-state index in [1.165, 1.54) is 107 Å². The molecule has 38 heavy (non-hydrogen) atoms. The van der Waals surface area contributed by atoms with Gasteiger partial charge in [0.1, 0.15) is 5.82 Å². The highest BCUT2D eigenvalue weighted by atomic mass is 19.1. The summed E-state index contributed by atoms with van der Waals surface area (Å²) in [6, 6.07) is 15.6. The average molecular weight is 517 g/mol. The molecule has 0 N–H and O–H groups in total. The lowest BCUT2D eigenvalue weighted by molar-refractivity contribution is 0.155. The van der Waals surface area contributed by atoms with Crippen LogP contribution in [0.15, 0.2) is 42.5 Å². The number of rotatable bonds is 9. The fourth-order valence-electron chi connectivity index (χ4n) is 8.45. The van der Waals surface area contributed by atoms with E-state index in [9.17, 15) is 0 Å². The van der Waals surface area contributed by atoms with Gasteiger partial charge in [-0.1, -0.05) is 88.8 Å². The van der Waals surface area contributed by atoms with E-state index < -0.39 is 0 Å². The van der Waals surface area contributed by atoms with E-state index in [4.69, 9.17) is 0 Å². The van der Waals surface area contributed by atoms with Crippen molar-refractivity contribution in [1.82, 2.24) is 0 Å². The summed E-state index contributed by atoms with van der Waals surface area (Å²) in [4.78, 5) is 0. The third-order valence-corrected chi connectivity index (χ3v) is 11.1. The predicted octanol–water partition coefficient (Wildman–Crippen LogP) is 11.5. The fraction of sp³-hybridized carbons (Fsp3) is 0.676. The third-order valence-electron chi connectivity index (χ3n) is 11.1. The Balaban J connectivity index is 1.08. The van der Waals surface area contributed by atoms with Crippen molar-refractivity contribution in [3.63, 3.8) is 0 Å². The zero-order valence-corrected chi connectivity index (χ0v) is 24.4. The van der Waals surface area contributed by atoms with Crippen LogP contribution in [0, 0.1) is 23.6 Å². The minimum atomic E-state index is 0.0711. The van der Waals surface area contributed by atoms with Crippen LogP contribution in [0.4, 0.5) is 4.39 Å². The molecule has 0 unspecified atom stereocenters. The topological polar surface area (TPSA) is 0 Å². The summed E-state index contributed by atoms with van der Waals surface area (Å²) in [5.74, 6) is 4.59. The molecular weight excluding hydrogens is 463 g/mol. The number of hydrogen-bond donors (Lipinski definition) is 0. The first kappa shape index (κ1) is 27.9. The van der Waals surface area contributed by atoms with Crippen LogP contribution in [0.25, 0.3) is 0 Å². The molecule has 0 radical (unpaired) electrons. The quantitative estimate of drug-likeness (QED) is 0.291. The van der Waals surface area contributed by atoms with Crippen LogP contribution in [-0.4, -0.2) is 0 Å². The minimum absolute atomic E-state index is 0.0711. The second kappa shape index (κ2) is 13.6. The van der Waals surface area contributed by atoms with Gasteiger partial charge in [-0.15, -0.1) is 0 Å². The lowest BCUT2D eigenvalue weighted by Gasteiger charge is -2.38. The highest BCUT2D eigenvalue weighted by molar-refractivity contribution is 5.31. The molecule has 0 spiro atoms. The lowest BCUT2D eigenvalue weighted by atomic mass is 9.68. The van der Waals surface area contributed by atoms with Gasteiger partial charge in [-0.2, -0.15) is 0 Å². The van der Waals surface area contributed by atoms with E-state index in [-0.39, 0.29) is 5.82 Å². The third kappa shape index (κ3) is 6.92. The van der Waals surface area contributed by atoms with Crippen molar-refractivity contribution in [3.05, 3.63) is 70.5 Å². The Morgan fingerprint density at radius 1 is 0.605 bits per heavy atom. The molecule has 0 aromatic heterocycles. The molecule has 3 aliphatic rings. The molecule has 0 bridgehead atoms. The molecule has 3 aliphatic carbocycles. The van der Waals surface area contributed by atoms with Crippen LogP contribution < -0.4 is 0 Å². The Bertz CT molecular complexity index is 966. The Hall–Kier alpha value is -1.63. The van der Waals surface area contributed by atoms with Gasteiger partial charge < -0.3 is 0 Å². The van der Waals surface area contributed by atoms with Crippen molar-refractivity contribution in [1.29, 1.82) is 0 Å². The summed E-state index contributed by atoms with van der Waals surface area (Å²) >= 11 is 0. The second-order valence-electron chi connectivity index (χ2n) is 13.3. The van der Waals surface area contributed by atoms with Gasteiger partial charge in [0, 0.05) is 0 Å². The number of hydrogen-bond acceptors (Lipinski definition) is 0. The van der Waals surface area contributed by atoms with Crippen molar-refractivity contribution < 1.29 is 4.39 Å². The van der Waals surface area contributed by atoms with Crippen molar-refractivity contribution in [2.45, 2.75) is 141 Å². The number of halogens is 1. The van der Waals surface area contributed by atoms with Crippen LogP contribution in [0.3, 0.4) is 0 Å². The zero-order chi connectivity index (χ0) is 26.3. The van der Waals surface area contributed by atoms with Crippen LogP contribution in [0.1, 0.15) is 157 Å². The van der Waals surface area contributed by atoms with Gasteiger partial charge in [0.05, 0.1) is 0 Å². The maximum atomic E-state index is 15.4. The highest BCUT2D eigenvalue weighted by Gasteiger charge is 2.32. The van der Waals surface area contributed by atoms with Crippen molar-refractivity contribution in [2.75, 3.05) is 0 Å². The molecule has 2 aromatic carbocycles. The van der Waals surface area contributed by atoms with Gasteiger partial charge in [-0.05, 0) is 134 Å². The van der Waals surface area contributed by atoms with E-state index >= 15 is 4.39 Å². The number of unbranched alkanes of at least 4 members (excludes halogenated alkanes) is 2. The van der Waals surface area contributed by atoms with E-state index in [1.54, 1.807) is 0 Å². The molecule has 0 atom stereocenters. The summed E-state index contributed by atoms with van der Waals surface area (Å²) in [5, 5.41) is 0. The fourth-order valence-corrected chi connectivity index (χ4v) is 8.45. The Morgan fingerprint density at radius 3 is 1.76 bits per heavy atom. The summed E-state index contributed by atoms with van der Waals surface area (Å²) in [6.07, 6.45) is 22.5. The van der Waals surface area contributed by atoms with Crippen LogP contribution >= 0.6 is 0 Å². The number of aryl methyl sites for hydroxylation is 1. The van der Waals surface area contributed by atoms with E-state index in [0.717, 1.165) is 42.6 Å². The molecule has 2 aromatic rings. The number of benzene rings is 2. The molecule has 1 heteroatoms. The molecular formula is C37H53F. The van der Waals surface area contributed by atoms with Crippen molar-refractivity contribution >= 4 is 0 Å². The Kier molecular flexibility index (Phi) is 10.0. The van der Waals surface area contributed by atoms with Crippen LogP contribution in [-0.2, 0) is 6.42 Å². The van der Waals surface area contributed by atoms with E-state index in [2.05, 4.69) is 50.2 Å². The molecule has 208 valence electrons. The first-order chi connectivity index (χ1) is 18.6. The standard InChI is InChI=1S/C37H53F/c1-3-5-6-7-28-10-14-30(15-11-28)31-16-18-33(19-17-31)35-24-25-36(37(38)26-35)34-22-20-32(21-23-34)29-12-8-27(4-2)9-13-29/h8-9,12-13,24-26,28,30-34H,3-7,10-11,14-23H2,1-2H3/t28?,30?,31?,32-,33?,34-. The van der Waals surface area contributed by atoms with Crippen LogP contribution in [0.2, 0.25) is 0 Å². The van der Waals surface area contributed by atoms with Gasteiger partial charge in [0.15, 0.2) is 0 Å². The summed E-state index contributed by atoms with van der Waals surface area (Å²) in [7, 11) is 0. The molecule has 0 aliphatic heterocycles. The second-order valence-corrected chi connectivity index (χ2v) is 13.3. The summed E-state index contributed by atoms with van der Waals surface area (Å²) in [5.41, 5.74) is 5.15. The normalized spacial score (nSPS) is 30.3. The smallest absolute Gasteiger partial charge is 0.126 e. The maximum Gasteiger partial charge on any atom is 0.126 e. The molecule has 5 rings (SSSR count). The van der Waals surface area contributed by atoms with Gasteiger partial charge in [-0.25, -0.2) is 4.39 Å². The first-order valence-corrected chi connectivity index (χ1v) is 16.5. The molecule has 3 saturated carbocycles. The molecule has 3 fully saturated rings. The lowest BCUT2D eigenvalue weighted by Crippen LogP contribution is -2.25. The minimum Gasteiger partial charge on any atom is -0.207 e. The van der Waals surface area contributed by atoms with Crippen molar-refractivity contribution in [2.24, 2.45) is 17.8 Å². The predicted molar refractivity (Wildman–Crippen MR) is 160 cm³/mol. The highest BCUT2D eigenvalue weighted by Crippen LogP contribution is 2.46. The molecule has 0 saturated heterocycles. The zero-order valence-electron chi connectivity index (χ0n) is 24.4.